The zero-order valence-corrected chi connectivity index (χ0v) is 13.5. The Morgan fingerprint density at radius 3 is 2.71 bits per heavy atom. The molecule has 2 aliphatic carbocycles. The summed E-state index contributed by atoms with van der Waals surface area (Å²) in [6.45, 7) is 2.38. The molecule has 0 spiro atoms. The molecule has 1 aromatic rings. The molecule has 116 valence electrons. The zero-order chi connectivity index (χ0) is 15.2. The number of halogens is 1. The first-order chi connectivity index (χ1) is 9.88. The van der Waals surface area contributed by atoms with Gasteiger partial charge in [0.2, 0.25) is 0 Å². The Morgan fingerprint density at radius 2 is 2.19 bits per heavy atom. The molecule has 2 aliphatic rings. The predicted octanol–water partition coefficient (Wildman–Crippen LogP) is 2.35. The molecule has 0 saturated heterocycles. The van der Waals surface area contributed by atoms with Crippen LogP contribution in [0.5, 0.6) is 0 Å². The number of hydrogen-bond acceptors (Lipinski definition) is 3. The van der Waals surface area contributed by atoms with Crippen LogP contribution in [0.1, 0.15) is 43.1 Å². The summed E-state index contributed by atoms with van der Waals surface area (Å²) >= 11 is 0. The number of nitrogens with zero attached hydrogens (tertiary/aromatic N) is 1. The first-order valence-corrected chi connectivity index (χ1v) is 9.65. The van der Waals surface area contributed by atoms with Gasteiger partial charge in [0.15, 0.2) is 0 Å². The van der Waals surface area contributed by atoms with Crippen molar-refractivity contribution >= 4 is 25.6 Å². The minimum atomic E-state index is -3.81. The van der Waals surface area contributed by atoms with Crippen LogP contribution < -0.4 is 5.32 Å². The molecule has 3 unspecified atom stereocenters. The lowest BCUT2D eigenvalue weighted by Gasteiger charge is -2.23. The minimum Gasteiger partial charge on any atom is -0.348 e. The van der Waals surface area contributed by atoms with Crippen molar-refractivity contribution in [3.05, 3.63) is 18.0 Å². The third-order valence-electron chi connectivity index (χ3n) is 4.78. The number of hydrogen-bond donors (Lipinski definition) is 1. The van der Waals surface area contributed by atoms with Gasteiger partial charge in [-0.1, -0.05) is 6.42 Å². The highest BCUT2D eigenvalue weighted by molar-refractivity contribution is 8.13. The van der Waals surface area contributed by atoms with Gasteiger partial charge in [-0.25, -0.2) is 8.42 Å². The zero-order valence-electron chi connectivity index (χ0n) is 11.9. The Bertz CT molecular complexity index is 668. The van der Waals surface area contributed by atoms with Crippen molar-refractivity contribution in [1.82, 2.24) is 9.88 Å². The lowest BCUT2D eigenvalue weighted by Crippen LogP contribution is -2.39. The van der Waals surface area contributed by atoms with Gasteiger partial charge < -0.3 is 9.88 Å². The van der Waals surface area contributed by atoms with E-state index in [0.717, 1.165) is 12.3 Å². The van der Waals surface area contributed by atoms with E-state index in [1.807, 2.05) is 6.92 Å². The maximum absolute atomic E-state index is 12.4. The summed E-state index contributed by atoms with van der Waals surface area (Å²) < 4.78 is 24.4. The smallest absolute Gasteiger partial charge is 0.268 e. The van der Waals surface area contributed by atoms with E-state index in [1.165, 1.54) is 31.5 Å². The van der Waals surface area contributed by atoms with E-state index < -0.39 is 9.05 Å². The molecule has 21 heavy (non-hydrogen) atoms. The van der Waals surface area contributed by atoms with Gasteiger partial charge in [0, 0.05) is 29.5 Å². The maximum Gasteiger partial charge on any atom is 0.268 e. The second-order valence-electron chi connectivity index (χ2n) is 6.04. The number of amides is 1. The van der Waals surface area contributed by atoms with Gasteiger partial charge in [0.05, 0.1) is 0 Å². The first kappa shape index (κ1) is 14.9. The third-order valence-corrected chi connectivity index (χ3v) is 6.10. The topological polar surface area (TPSA) is 68.2 Å². The van der Waals surface area contributed by atoms with Crippen molar-refractivity contribution in [2.24, 2.45) is 11.8 Å². The van der Waals surface area contributed by atoms with Crippen LogP contribution in [0.3, 0.4) is 0 Å². The number of rotatable bonds is 4. The van der Waals surface area contributed by atoms with Crippen LogP contribution >= 0.6 is 10.7 Å². The Hall–Kier alpha value is -1.01. The third kappa shape index (κ3) is 2.83. The highest BCUT2D eigenvalue weighted by atomic mass is 35.7. The molecule has 3 rings (SSSR count). The fraction of sp³-hybridized carbons (Fsp3) is 0.643. The summed E-state index contributed by atoms with van der Waals surface area (Å²) in [5.41, 5.74) is 0.361. The summed E-state index contributed by atoms with van der Waals surface area (Å²) in [4.78, 5) is 12.4. The van der Waals surface area contributed by atoms with Gasteiger partial charge in [-0.05, 0) is 44.1 Å². The fourth-order valence-corrected chi connectivity index (χ4v) is 4.49. The molecule has 1 heterocycles. The van der Waals surface area contributed by atoms with Gasteiger partial charge in [0.1, 0.15) is 10.6 Å². The largest absolute Gasteiger partial charge is 0.348 e. The first-order valence-electron chi connectivity index (χ1n) is 7.34. The number of carbonyl (C=O) groups is 1. The highest BCUT2D eigenvalue weighted by Gasteiger charge is 2.40. The summed E-state index contributed by atoms with van der Waals surface area (Å²) in [6, 6.07) is 1.58. The molecule has 1 amide bonds. The van der Waals surface area contributed by atoms with Crippen molar-refractivity contribution in [1.29, 1.82) is 0 Å². The Labute approximate surface area is 129 Å². The minimum absolute atomic E-state index is 0.0240. The number of aryl methyl sites for hydroxylation is 1. The molecule has 0 aliphatic heterocycles. The van der Waals surface area contributed by atoms with Gasteiger partial charge >= 0.3 is 0 Å². The molecule has 1 N–H and O–H groups in total. The predicted molar refractivity (Wildman–Crippen MR) is 79.8 cm³/mol. The van der Waals surface area contributed by atoms with E-state index in [-0.39, 0.29) is 16.8 Å². The van der Waals surface area contributed by atoms with E-state index in [2.05, 4.69) is 5.32 Å². The normalized spacial score (nSPS) is 28.0. The molecular weight excluding hydrogens is 312 g/mol. The Kier molecular flexibility index (Phi) is 3.78. The lowest BCUT2D eigenvalue weighted by atomic mass is 9.95. The molecule has 0 aromatic carbocycles. The second kappa shape index (κ2) is 5.32. The molecular formula is C14H19ClN2O3S. The SMILES string of the molecule is CCn1cc(S(=O)(=O)Cl)cc1C(=O)NC1CC2CCC1C2. The number of carbonyl (C=O) groups excluding carboxylic acids is 1. The summed E-state index contributed by atoms with van der Waals surface area (Å²) in [6.07, 6.45) is 6.13. The number of fused-ring (bicyclic) bond motifs is 2. The van der Waals surface area contributed by atoms with E-state index in [4.69, 9.17) is 10.7 Å². The monoisotopic (exact) mass is 330 g/mol. The number of nitrogens with one attached hydrogen (secondary N) is 1. The van der Waals surface area contributed by atoms with E-state index in [1.54, 1.807) is 4.57 Å². The average Bonchev–Trinajstić information content (AvgIpc) is 3.11. The molecule has 2 bridgehead atoms. The van der Waals surface area contributed by atoms with Crippen LogP contribution in [0.15, 0.2) is 17.2 Å². The van der Waals surface area contributed by atoms with Crippen LogP contribution in [-0.4, -0.2) is 24.9 Å². The van der Waals surface area contributed by atoms with E-state index in [9.17, 15) is 13.2 Å². The van der Waals surface area contributed by atoms with Crippen molar-refractivity contribution in [3.8, 4) is 0 Å². The fourth-order valence-electron chi connectivity index (χ4n) is 3.73. The van der Waals surface area contributed by atoms with Gasteiger partial charge in [-0.15, -0.1) is 0 Å². The highest BCUT2D eigenvalue weighted by Crippen LogP contribution is 2.44. The molecule has 2 fully saturated rings. The van der Waals surface area contributed by atoms with Gasteiger partial charge in [0.25, 0.3) is 15.0 Å². The summed E-state index contributed by atoms with van der Waals surface area (Å²) in [7, 11) is 1.54. The van der Waals surface area contributed by atoms with Crippen molar-refractivity contribution in [2.75, 3.05) is 0 Å². The van der Waals surface area contributed by atoms with Crippen LogP contribution in [0.25, 0.3) is 0 Å². The molecule has 1 aromatic heterocycles. The molecule has 5 nitrogen and oxygen atoms in total. The van der Waals surface area contributed by atoms with Crippen LogP contribution in [0.2, 0.25) is 0 Å². The summed E-state index contributed by atoms with van der Waals surface area (Å²) in [5, 5.41) is 3.07. The maximum atomic E-state index is 12.4. The van der Waals surface area contributed by atoms with Gasteiger partial charge in [-0.2, -0.15) is 0 Å². The van der Waals surface area contributed by atoms with Crippen LogP contribution in [0, 0.1) is 11.8 Å². The molecule has 3 atom stereocenters. The molecule has 0 radical (unpaired) electrons. The van der Waals surface area contributed by atoms with E-state index in [0.29, 0.717) is 18.2 Å². The van der Waals surface area contributed by atoms with E-state index >= 15 is 0 Å². The van der Waals surface area contributed by atoms with Crippen LogP contribution in [0.4, 0.5) is 0 Å². The van der Waals surface area contributed by atoms with Crippen molar-refractivity contribution in [2.45, 2.75) is 50.1 Å². The van der Waals surface area contributed by atoms with Crippen molar-refractivity contribution in [3.63, 3.8) is 0 Å². The molecule has 2 saturated carbocycles. The Balaban J connectivity index is 1.79. The quantitative estimate of drug-likeness (QED) is 0.862. The van der Waals surface area contributed by atoms with Crippen LogP contribution in [-0.2, 0) is 15.6 Å². The lowest BCUT2D eigenvalue weighted by molar-refractivity contribution is 0.0913. The second-order valence-corrected chi connectivity index (χ2v) is 8.61. The van der Waals surface area contributed by atoms with Gasteiger partial charge in [-0.3, -0.25) is 4.79 Å². The standard InChI is InChI=1S/C14H19ClN2O3S/c1-2-17-8-11(21(15,19)20)7-13(17)14(18)16-12-6-9-3-4-10(12)5-9/h7-10,12H,2-6H2,1H3,(H,16,18). The van der Waals surface area contributed by atoms with Crippen molar-refractivity contribution < 1.29 is 13.2 Å². The number of aromatic nitrogens is 1. The molecule has 7 heteroatoms. The Morgan fingerprint density at radius 1 is 1.43 bits per heavy atom. The average molecular weight is 331 g/mol. The summed E-state index contributed by atoms with van der Waals surface area (Å²) in [5.74, 6) is 1.12.